The smallest absolute Gasteiger partial charge is 0.394 e. The van der Waals surface area contributed by atoms with Crippen LogP contribution in [-0.2, 0) is 4.74 Å². The highest BCUT2D eigenvalue weighted by Gasteiger charge is 2.22. The minimum absolute atomic E-state index is 0.0821. The fourth-order valence-electron chi connectivity index (χ4n) is 1.10. The van der Waals surface area contributed by atoms with Crippen LogP contribution in [0.4, 0.5) is 0 Å². The molecule has 1 aromatic heterocycles. The standard InChI is InChI=1S/C9H12N2O4/c1-2-13-8(12)7-5-14-9(11-7)15-6-3-10-4-6/h5-6,10H,2-4H2,1H3. The number of rotatable bonds is 4. The minimum atomic E-state index is -0.497. The predicted molar refractivity (Wildman–Crippen MR) is 49.7 cm³/mol. The number of nitrogens with zero attached hydrogens (tertiary/aromatic N) is 1. The maximum atomic E-state index is 11.2. The second-order valence-electron chi connectivity index (χ2n) is 3.12. The van der Waals surface area contributed by atoms with Gasteiger partial charge in [0, 0.05) is 13.1 Å². The molecule has 0 atom stereocenters. The van der Waals surface area contributed by atoms with E-state index in [0.29, 0.717) is 6.61 Å². The van der Waals surface area contributed by atoms with E-state index in [2.05, 4.69) is 10.3 Å². The molecule has 2 rings (SSSR count). The lowest BCUT2D eigenvalue weighted by atomic mass is 10.2. The Labute approximate surface area is 86.6 Å². The van der Waals surface area contributed by atoms with Crippen LogP contribution in [0, 0.1) is 0 Å². The molecule has 6 nitrogen and oxygen atoms in total. The van der Waals surface area contributed by atoms with Crippen molar-refractivity contribution < 1.29 is 18.7 Å². The van der Waals surface area contributed by atoms with Gasteiger partial charge < -0.3 is 19.2 Å². The van der Waals surface area contributed by atoms with Crippen molar-refractivity contribution in [3.05, 3.63) is 12.0 Å². The molecule has 82 valence electrons. The Morgan fingerprint density at radius 3 is 3.13 bits per heavy atom. The fourth-order valence-corrected chi connectivity index (χ4v) is 1.10. The summed E-state index contributed by atoms with van der Waals surface area (Å²) in [6.45, 7) is 3.60. The summed E-state index contributed by atoms with van der Waals surface area (Å²) < 4.78 is 15.0. The van der Waals surface area contributed by atoms with Crippen LogP contribution < -0.4 is 10.1 Å². The lowest BCUT2D eigenvalue weighted by Gasteiger charge is -2.25. The molecule has 0 unspecified atom stereocenters. The second kappa shape index (κ2) is 4.31. The van der Waals surface area contributed by atoms with Crippen molar-refractivity contribution in [1.29, 1.82) is 0 Å². The van der Waals surface area contributed by atoms with Gasteiger partial charge in [-0.3, -0.25) is 0 Å². The van der Waals surface area contributed by atoms with Crippen LogP contribution in [0.2, 0.25) is 0 Å². The molecule has 0 aromatic carbocycles. The van der Waals surface area contributed by atoms with Crippen LogP contribution in [0.3, 0.4) is 0 Å². The first-order valence-corrected chi connectivity index (χ1v) is 4.79. The number of aromatic nitrogens is 1. The molecule has 6 heteroatoms. The van der Waals surface area contributed by atoms with E-state index in [4.69, 9.17) is 13.9 Å². The van der Waals surface area contributed by atoms with E-state index in [9.17, 15) is 4.79 Å². The van der Waals surface area contributed by atoms with Gasteiger partial charge in [-0.25, -0.2) is 4.79 Å². The highest BCUT2D eigenvalue weighted by atomic mass is 16.6. The third kappa shape index (κ3) is 2.27. The van der Waals surface area contributed by atoms with E-state index >= 15 is 0 Å². The normalized spacial score (nSPS) is 15.8. The third-order valence-corrected chi connectivity index (χ3v) is 1.98. The maximum absolute atomic E-state index is 11.2. The number of hydrogen-bond acceptors (Lipinski definition) is 6. The molecule has 1 aliphatic heterocycles. The first-order valence-electron chi connectivity index (χ1n) is 4.79. The van der Waals surface area contributed by atoms with E-state index < -0.39 is 5.97 Å². The molecule has 0 amide bonds. The van der Waals surface area contributed by atoms with Crippen LogP contribution in [0.15, 0.2) is 10.7 Å². The number of ether oxygens (including phenoxy) is 2. The van der Waals surface area contributed by atoms with Gasteiger partial charge in [0.1, 0.15) is 12.4 Å². The van der Waals surface area contributed by atoms with Crippen molar-refractivity contribution >= 4 is 5.97 Å². The molecule has 0 aliphatic carbocycles. The summed E-state index contributed by atoms with van der Waals surface area (Å²) >= 11 is 0. The molecule has 15 heavy (non-hydrogen) atoms. The fraction of sp³-hybridized carbons (Fsp3) is 0.556. The van der Waals surface area contributed by atoms with Gasteiger partial charge in [-0.15, -0.1) is 0 Å². The zero-order valence-corrected chi connectivity index (χ0v) is 8.36. The maximum Gasteiger partial charge on any atom is 0.394 e. The zero-order valence-electron chi connectivity index (χ0n) is 8.36. The number of carbonyl (C=O) groups excluding carboxylic acids is 1. The molecule has 1 N–H and O–H groups in total. The van der Waals surface area contributed by atoms with E-state index in [1.165, 1.54) is 6.26 Å². The number of carbonyl (C=O) groups is 1. The predicted octanol–water partition coefficient (Wildman–Crippen LogP) is 0.202. The van der Waals surface area contributed by atoms with Gasteiger partial charge in [-0.1, -0.05) is 0 Å². The molecular formula is C9H12N2O4. The average Bonchev–Trinajstić information content (AvgIpc) is 2.60. The summed E-state index contributed by atoms with van der Waals surface area (Å²) in [5, 5.41) is 3.05. The lowest BCUT2D eigenvalue weighted by molar-refractivity contribution is 0.0518. The Morgan fingerprint density at radius 2 is 2.53 bits per heavy atom. The first-order chi connectivity index (χ1) is 7.29. The lowest BCUT2D eigenvalue weighted by Crippen LogP contribution is -2.50. The Morgan fingerprint density at radius 1 is 1.73 bits per heavy atom. The van der Waals surface area contributed by atoms with Crippen molar-refractivity contribution in [1.82, 2.24) is 10.3 Å². The van der Waals surface area contributed by atoms with E-state index in [1.54, 1.807) is 6.92 Å². The number of esters is 1. The summed E-state index contributed by atoms with van der Waals surface area (Å²) in [4.78, 5) is 15.1. The molecule has 0 spiro atoms. The van der Waals surface area contributed by atoms with Crippen LogP contribution in [0.1, 0.15) is 17.4 Å². The highest BCUT2D eigenvalue weighted by Crippen LogP contribution is 2.14. The van der Waals surface area contributed by atoms with Gasteiger partial charge in [-0.05, 0) is 6.92 Å². The van der Waals surface area contributed by atoms with Gasteiger partial charge in [0.15, 0.2) is 5.69 Å². The SMILES string of the molecule is CCOC(=O)c1coc(OC2CNC2)n1. The van der Waals surface area contributed by atoms with Gasteiger partial charge in [0.05, 0.1) is 6.61 Å². The Hall–Kier alpha value is -1.56. The van der Waals surface area contributed by atoms with Gasteiger partial charge in [-0.2, -0.15) is 4.98 Å². The second-order valence-corrected chi connectivity index (χ2v) is 3.12. The molecular weight excluding hydrogens is 200 g/mol. The molecule has 0 bridgehead atoms. The molecule has 1 aromatic rings. The van der Waals surface area contributed by atoms with Gasteiger partial charge >= 0.3 is 12.0 Å². The van der Waals surface area contributed by atoms with E-state index in [1.807, 2.05) is 0 Å². The van der Waals surface area contributed by atoms with Gasteiger partial charge in [0.25, 0.3) is 0 Å². The van der Waals surface area contributed by atoms with Crippen molar-refractivity contribution in [2.75, 3.05) is 19.7 Å². The summed E-state index contributed by atoms with van der Waals surface area (Å²) in [7, 11) is 0. The van der Waals surface area contributed by atoms with E-state index in [-0.39, 0.29) is 17.9 Å². The zero-order chi connectivity index (χ0) is 10.7. The average molecular weight is 212 g/mol. The summed E-state index contributed by atoms with van der Waals surface area (Å²) in [5.41, 5.74) is 0.138. The van der Waals surface area contributed by atoms with Crippen molar-refractivity contribution in [2.24, 2.45) is 0 Å². The quantitative estimate of drug-likeness (QED) is 0.719. The van der Waals surface area contributed by atoms with Crippen molar-refractivity contribution in [3.63, 3.8) is 0 Å². The molecule has 0 radical (unpaired) electrons. The van der Waals surface area contributed by atoms with Gasteiger partial charge in [0.2, 0.25) is 0 Å². The number of nitrogens with one attached hydrogen (secondary N) is 1. The molecule has 0 saturated carbocycles. The molecule has 1 fully saturated rings. The topological polar surface area (TPSA) is 73.6 Å². The first kappa shape index (κ1) is 9.97. The molecule has 1 aliphatic rings. The Kier molecular flexibility index (Phi) is 2.86. The van der Waals surface area contributed by atoms with Crippen molar-refractivity contribution in [3.8, 4) is 6.08 Å². The van der Waals surface area contributed by atoms with E-state index in [0.717, 1.165) is 13.1 Å². The monoisotopic (exact) mass is 212 g/mol. The summed E-state index contributed by atoms with van der Waals surface area (Å²) in [5.74, 6) is -0.497. The summed E-state index contributed by atoms with van der Waals surface area (Å²) in [6, 6.07) is 0. The van der Waals surface area contributed by atoms with Crippen molar-refractivity contribution in [2.45, 2.75) is 13.0 Å². The number of oxazole rings is 1. The van der Waals surface area contributed by atoms with Crippen LogP contribution in [0.5, 0.6) is 6.08 Å². The van der Waals surface area contributed by atoms with Crippen LogP contribution in [0.25, 0.3) is 0 Å². The third-order valence-electron chi connectivity index (χ3n) is 1.98. The van der Waals surface area contributed by atoms with Crippen LogP contribution >= 0.6 is 0 Å². The Balaban J connectivity index is 1.93. The Bertz CT molecular complexity index is 346. The largest absolute Gasteiger partial charge is 0.461 e. The summed E-state index contributed by atoms with van der Waals surface area (Å²) in [6.07, 6.45) is 1.43. The number of hydrogen-bond donors (Lipinski definition) is 1. The highest BCUT2D eigenvalue weighted by molar-refractivity contribution is 5.86. The molecule has 1 saturated heterocycles. The van der Waals surface area contributed by atoms with Crippen LogP contribution in [-0.4, -0.2) is 36.8 Å². The molecule has 2 heterocycles. The minimum Gasteiger partial charge on any atom is -0.461 e.